The van der Waals surface area contributed by atoms with Gasteiger partial charge in [0, 0.05) is 17.2 Å². The van der Waals surface area contributed by atoms with Crippen LogP contribution in [0.4, 0.5) is 0 Å². The molecule has 1 aliphatic rings. The van der Waals surface area contributed by atoms with Crippen molar-refractivity contribution in [2.24, 2.45) is 11.7 Å². The Bertz CT molecular complexity index is 458. The van der Waals surface area contributed by atoms with E-state index in [9.17, 15) is 4.79 Å². The van der Waals surface area contributed by atoms with Crippen molar-refractivity contribution in [2.75, 3.05) is 13.2 Å². The molecule has 0 bridgehead atoms. The summed E-state index contributed by atoms with van der Waals surface area (Å²) < 4.78 is 1.84. The summed E-state index contributed by atoms with van der Waals surface area (Å²) in [5.41, 5.74) is 7.73. The number of aromatic nitrogens is 2. The van der Waals surface area contributed by atoms with Gasteiger partial charge in [-0.2, -0.15) is 5.10 Å². The van der Waals surface area contributed by atoms with Crippen molar-refractivity contribution in [3.05, 3.63) is 17.5 Å². The number of rotatable bonds is 6. The largest absolute Gasteiger partial charge is 0.394 e. The van der Waals surface area contributed by atoms with Crippen LogP contribution >= 0.6 is 0 Å². The van der Waals surface area contributed by atoms with Crippen LogP contribution in [0.2, 0.25) is 0 Å². The second kappa shape index (κ2) is 6.85. The fourth-order valence-electron chi connectivity index (χ4n) is 2.75. The van der Waals surface area contributed by atoms with Crippen LogP contribution in [0.25, 0.3) is 0 Å². The molecule has 1 aromatic rings. The predicted octanol–water partition coefficient (Wildman–Crippen LogP) is 0.354. The Kier molecular flexibility index (Phi) is 5.14. The highest BCUT2D eigenvalue weighted by molar-refractivity contribution is 5.78. The number of amides is 1. The number of nitrogens with zero attached hydrogens (tertiary/aromatic N) is 2. The summed E-state index contributed by atoms with van der Waals surface area (Å²) in [5.74, 6) is 0.000992. The third-order valence-electron chi connectivity index (χ3n) is 3.94. The number of carbonyl (C=O) groups is 1. The first-order chi connectivity index (χ1) is 9.67. The van der Waals surface area contributed by atoms with E-state index in [1.54, 1.807) is 0 Å². The van der Waals surface area contributed by atoms with Crippen LogP contribution in [0.1, 0.15) is 43.5 Å². The minimum Gasteiger partial charge on any atom is -0.394 e. The number of fused-ring (bicyclic) bond motifs is 1. The fourth-order valence-corrected chi connectivity index (χ4v) is 2.75. The number of carbonyl (C=O) groups excluding carboxylic acids is 1. The van der Waals surface area contributed by atoms with Gasteiger partial charge >= 0.3 is 0 Å². The van der Waals surface area contributed by atoms with Gasteiger partial charge in [0.1, 0.15) is 0 Å². The summed E-state index contributed by atoms with van der Waals surface area (Å²) in [4.78, 5) is 12.1. The Morgan fingerprint density at radius 3 is 3.20 bits per heavy atom. The molecule has 112 valence electrons. The van der Waals surface area contributed by atoms with Crippen molar-refractivity contribution in [1.29, 1.82) is 0 Å². The van der Waals surface area contributed by atoms with Crippen molar-refractivity contribution in [1.82, 2.24) is 15.1 Å². The highest BCUT2D eigenvalue weighted by Gasteiger charge is 2.26. The van der Waals surface area contributed by atoms with Gasteiger partial charge in [0.25, 0.3) is 0 Å². The second-order valence-corrected chi connectivity index (χ2v) is 5.43. The lowest BCUT2D eigenvalue weighted by Crippen LogP contribution is -2.35. The van der Waals surface area contributed by atoms with Crippen LogP contribution < -0.4 is 11.1 Å². The third kappa shape index (κ3) is 3.19. The molecule has 0 aliphatic heterocycles. The average Bonchev–Trinajstić information content (AvgIpc) is 2.84. The quantitative estimate of drug-likeness (QED) is 0.701. The number of nitrogens with two attached hydrogens (primary N) is 1. The molecule has 1 heterocycles. The van der Waals surface area contributed by atoms with E-state index < -0.39 is 0 Å². The van der Waals surface area contributed by atoms with Crippen molar-refractivity contribution in [3.8, 4) is 0 Å². The maximum Gasteiger partial charge on any atom is 0.223 e. The summed E-state index contributed by atoms with van der Waals surface area (Å²) in [5, 5.41) is 16.5. The van der Waals surface area contributed by atoms with Crippen molar-refractivity contribution < 1.29 is 9.90 Å². The highest BCUT2D eigenvalue weighted by atomic mass is 16.3. The first-order valence-electron chi connectivity index (χ1n) is 7.33. The summed E-state index contributed by atoms with van der Waals surface area (Å²) in [6.45, 7) is 3.03. The molecule has 1 aromatic heterocycles. The average molecular weight is 280 g/mol. The van der Waals surface area contributed by atoms with Gasteiger partial charge in [-0.3, -0.25) is 9.48 Å². The Morgan fingerprint density at radius 2 is 2.50 bits per heavy atom. The van der Waals surface area contributed by atoms with Gasteiger partial charge < -0.3 is 16.2 Å². The summed E-state index contributed by atoms with van der Waals surface area (Å²) in [7, 11) is 0. The zero-order valence-corrected chi connectivity index (χ0v) is 12.0. The lowest BCUT2D eigenvalue weighted by Gasteiger charge is -2.25. The van der Waals surface area contributed by atoms with Gasteiger partial charge in [0.15, 0.2) is 0 Å². The molecule has 6 heteroatoms. The van der Waals surface area contributed by atoms with Gasteiger partial charge in [-0.1, -0.05) is 6.92 Å². The Balaban J connectivity index is 2.07. The molecule has 0 radical (unpaired) electrons. The van der Waals surface area contributed by atoms with Crippen LogP contribution in [0.15, 0.2) is 6.20 Å². The summed E-state index contributed by atoms with van der Waals surface area (Å²) >= 11 is 0. The molecular weight excluding hydrogens is 256 g/mol. The molecule has 0 saturated carbocycles. The fraction of sp³-hybridized carbons (Fsp3) is 0.714. The Hall–Kier alpha value is -1.40. The molecular formula is C14H24N4O2. The van der Waals surface area contributed by atoms with Gasteiger partial charge in [-0.05, 0) is 32.2 Å². The minimum absolute atomic E-state index is 0.0407. The van der Waals surface area contributed by atoms with Gasteiger partial charge in [0.2, 0.25) is 5.91 Å². The maximum atomic E-state index is 12.1. The topological polar surface area (TPSA) is 93.2 Å². The number of hydrogen-bond donors (Lipinski definition) is 3. The van der Waals surface area contributed by atoms with E-state index in [1.807, 2.05) is 17.8 Å². The molecule has 0 aromatic carbocycles. The van der Waals surface area contributed by atoms with Crippen LogP contribution in [-0.2, 0) is 17.8 Å². The maximum absolute atomic E-state index is 12.1. The summed E-state index contributed by atoms with van der Waals surface area (Å²) in [6, 6.07) is 0.0407. The standard InChI is InChI=1S/C14H24N4O2/c1-10(5-6-15)14(20)17-12-3-2-4-13-11(12)9-16-18(13)7-8-19/h9-10,12,19H,2-8,15H2,1H3,(H,17,20). The molecule has 2 unspecified atom stereocenters. The number of nitrogens with one attached hydrogen (secondary N) is 1. The first kappa shape index (κ1) is 15.0. The van der Waals surface area contributed by atoms with Crippen molar-refractivity contribution in [2.45, 2.75) is 45.2 Å². The van der Waals surface area contributed by atoms with Crippen molar-refractivity contribution in [3.63, 3.8) is 0 Å². The van der Waals surface area contributed by atoms with Crippen LogP contribution in [0.5, 0.6) is 0 Å². The number of aliphatic hydroxyl groups is 1. The third-order valence-corrected chi connectivity index (χ3v) is 3.94. The normalized spacial score (nSPS) is 19.4. The van der Waals surface area contributed by atoms with E-state index in [4.69, 9.17) is 10.8 Å². The SMILES string of the molecule is CC(CCN)C(=O)NC1CCCc2c1cnn2CCO. The second-order valence-electron chi connectivity index (χ2n) is 5.43. The van der Waals surface area contributed by atoms with Crippen LogP contribution in [0.3, 0.4) is 0 Å². The molecule has 0 spiro atoms. The van der Waals surface area contributed by atoms with Gasteiger partial charge in [-0.15, -0.1) is 0 Å². The van der Waals surface area contributed by atoms with E-state index in [1.165, 1.54) is 0 Å². The number of aliphatic hydroxyl groups excluding tert-OH is 1. The molecule has 20 heavy (non-hydrogen) atoms. The van der Waals surface area contributed by atoms with E-state index in [2.05, 4.69) is 10.4 Å². The van der Waals surface area contributed by atoms with Crippen LogP contribution in [0, 0.1) is 5.92 Å². The highest BCUT2D eigenvalue weighted by Crippen LogP contribution is 2.29. The van der Waals surface area contributed by atoms with E-state index in [0.717, 1.165) is 30.5 Å². The lowest BCUT2D eigenvalue weighted by atomic mass is 9.92. The predicted molar refractivity (Wildman–Crippen MR) is 76.0 cm³/mol. The molecule has 2 atom stereocenters. The molecule has 6 nitrogen and oxygen atoms in total. The molecule has 1 aliphatic carbocycles. The van der Waals surface area contributed by atoms with Crippen LogP contribution in [-0.4, -0.2) is 33.9 Å². The molecule has 2 rings (SSSR count). The van der Waals surface area contributed by atoms with Gasteiger partial charge in [-0.25, -0.2) is 0 Å². The Morgan fingerprint density at radius 1 is 1.70 bits per heavy atom. The minimum atomic E-state index is -0.0575. The van der Waals surface area contributed by atoms with Gasteiger partial charge in [0.05, 0.1) is 25.4 Å². The van der Waals surface area contributed by atoms with E-state index in [-0.39, 0.29) is 24.5 Å². The molecule has 1 amide bonds. The molecule has 0 fully saturated rings. The lowest BCUT2D eigenvalue weighted by molar-refractivity contribution is -0.125. The van der Waals surface area contributed by atoms with Crippen molar-refractivity contribution >= 4 is 5.91 Å². The Labute approximate surface area is 119 Å². The van der Waals surface area contributed by atoms with E-state index in [0.29, 0.717) is 19.5 Å². The smallest absolute Gasteiger partial charge is 0.223 e. The summed E-state index contributed by atoms with van der Waals surface area (Å²) in [6.07, 6.45) is 5.46. The first-order valence-corrected chi connectivity index (χ1v) is 7.33. The van der Waals surface area contributed by atoms with E-state index >= 15 is 0 Å². The monoisotopic (exact) mass is 280 g/mol. The number of hydrogen-bond acceptors (Lipinski definition) is 4. The zero-order chi connectivity index (χ0) is 14.5. The zero-order valence-electron chi connectivity index (χ0n) is 12.0. The molecule has 0 saturated heterocycles. The molecule has 4 N–H and O–H groups in total.